The second-order valence-electron chi connectivity index (χ2n) is 5.69. The molecule has 4 N–H and O–H groups in total. The molecule has 136 valence electrons. The number of hydrogen-bond acceptors (Lipinski definition) is 6. The van der Waals surface area contributed by atoms with Crippen LogP contribution in [-0.2, 0) is 5.54 Å². The summed E-state index contributed by atoms with van der Waals surface area (Å²) in [6.07, 6.45) is 0. The number of benzene rings is 2. The van der Waals surface area contributed by atoms with E-state index < -0.39 is 10.5 Å². The molecule has 0 bridgehead atoms. The lowest BCUT2D eigenvalue weighted by atomic mass is 9.88. The maximum Gasteiger partial charge on any atom is 0.280 e. The number of nitro groups is 1. The van der Waals surface area contributed by atoms with Crippen LogP contribution in [-0.4, -0.2) is 15.5 Å². The standard InChI is InChI=1S/C17H17BrN2O3.H2N3/c1-11(18)17(2,19)13-8-9-14(15(10-13)20(22)23)16(21)12-6-4-3-5-7-12;1-3-2/h3-11H,19H2,1-2H3;1-2H/q;+1. The van der Waals surface area contributed by atoms with Crippen molar-refractivity contribution in [3.63, 3.8) is 0 Å². The highest BCUT2D eigenvalue weighted by atomic mass is 79.9. The minimum atomic E-state index is -0.793. The van der Waals surface area contributed by atoms with E-state index in [0.29, 0.717) is 11.1 Å². The van der Waals surface area contributed by atoms with Gasteiger partial charge in [-0.05, 0) is 18.6 Å². The summed E-state index contributed by atoms with van der Waals surface area (Å²) in [7, 11) is 0. The Labute approximate surface area is 158 Å². The number of halogens is 1. The average molecular weight is 421 g/mol. The Kier molecular flexibility index (Phi) is 7.45. The first-order valence-corrected chi connectivity index (χ1v) is 8.43. The molecular weight excluding hydrogens is 402 g/mol. The SMILES string of the molecule is CC(Br)C(C)(N)c1ccc(C(=O)c2ccccc2)c([N+](=O)[O-])c1.N=[N+]=N. The number of nitro benzene ring substituents is 1. The molecule has 0 spiro atoms. The van der Waals surface area contributed by atoms with Gasteiger partial charge in [-0.3, -0.25) is 14.9 Å². The first-order valence-electron chi connectivity index (χ1n) is 7.51. The summed E-state index contributed by atoms with van der Waals surface area (Å²) >= 11 is 3.42. The van der Waals surface area contributed by atoms with E-state index >= 15 is 0 Å². The molecule has 0 saturated carbocycles. The van der Waals surface area contributed by atoms with Gasteiger partial charge in [0.15, 0.2) is 5.78 Å². The Morgan fingerprint density at radius 1 is 1.27 bits per heavy atom. The maximum atomic E-state index is 12.5. The predicted molar refractivity (Wildman–Crippen MR) is 100 cm³/mol. The molecule has 0 aliphatic rings. The summed E-state index contributed by atoms with van der Waals surface area (Å²) in [5.74, 6) is -0.380. The minimum absolute atomic E-state index is 0.0583. The molecule has 0 fully saturated rings. The summed E-state index contributed by atoms with van der Waals surface area (Å²) < 4.78 is 0. The van der Waals surface area contributed by atoms with Crippen molar-refractivity contribution in [2.24, 2.45) is 5.73 Å². The zero-order valence-corrected chi connectivity index (χ0v) is 15.9. The van der Waals surface area contributed by atoms with Crippen LogP contribution in [0.2, 0.25) is 0 Å². The normalized spacial score (nSPS) is 13.4. The fourth-order valence-electron chi connectivity index (χ4n) is 2.18. The molecule has 2 aromatic carbocycles. The smallest absolute Gasteiger partial charge is 0.280 e. The third-order valence-electron chi connectivity index (χ3n) is 3.92. The van der Waals surface area contributed by atoms with Crippen LogP contribution >= 0.6 is 15.9 Å². The molecular formula is C17H19BrN5O3+. The fourth-order valence-corrected chi connectivity index (χ4v) is 2.45. The van der Waals surface area contributed by atoms with Crippen LogP contribution in [0.4, 0.5) is 5.69 Å². The third-order valence-corrected chi connectivity index (χ3v) is 4.87. The number of carbonyl (C=O) groups excluding carboxylic acids is 1. The van der Waals surface area contributed by atoms with E-state index in [-0.39, 0.29) is 21.9 Å². The largest absolute Gasteiger partial charge is 0.321 e. The topological polar surface area (TPSA) is 148 Å². The number of alkyl halides is 1. The van der Waals surface area contributed by atoms with Crippen molar-refractivity contribution in [2.75, 3.05) is 0 Å². The van der Waals surface area contributed by atoms with E-state index in [2.05, 4.69) is 15.9 Å². The van der Waals surface area contributed by atoms with Crippen LogP contribution in [0.1, 0.15) is 35.3 Å². The lowest BCUT2D eigenvalue weighted by Crippen LogP contribution is -2.40. The van der Waals surface area contributed by atoms with Crippen molar-refractivity contribution in [3.8, 4) is 0 Å². The van der Waals surface area contributed by atoms with Gasteiger partial charge in [0.1, 0.15) is 16.6 Å². The zero-order chi connectivity index (χ0) is 19.9. The van der Waals surface area contributed by atoms with Crippen LogP contribution in [0, 0.1) is 21.2 Å². The Hall–Kier alpha value is -2.74. The summed E-state index contributed by atoms with van der Waals surface area (Å²) in [5.41, 5.74) is 17.3. The lowest BCUT2D eigenvalue weighted by molar-refractivity contribution is -0.385. The summed E-state index contributed by atoms with van der Waals surface area (Å²) in [6.45, 7) is 3.65. The first kappa shape index (κ1) is 21.3. The van der Waals surface area contributed by atoms with E-state index in [1.165, 1.54) is 12.1 Å². The number of nitrogens with one attached hydrogen (secondary N) is 2. The fraction of sp³-hybridized carbons (Fsp3) is 0.235. The Bertz CT molecular complexity index is 832. The molecule has 8 nitrogen and oxygen atoms in total. The van der Waals surface area contributed by atoms with Gasteiger partial charge >= 0.3 is 0 Å². The summed E-state index contributed by atoms with van der Waals surface area (Å²) in [4.78, 5) is 25.3. The minimum Gasteiger partial charge on any atom is -0.321 e. The van der Waals surface area contributed by atoms with Crippen molar-refractivity contribution >= 4 is 27.4 Å². The monoisotopic (exact) mass is 420 g/mol. The van der Waals surface area contributed by atoms with E-state index in [1.54, 1.807) is 43.3 Å². The Morgan fingerprint density at radius 3 is 2.27 bits per heavy atom. The molecule has 0 saturated heterocycles. The van der Waals surface area contributed by atoms with Gasteiger partial charge in [0.05, 0.1) is 10.5 Å². The lowest BCUT2D eigenvalue weighted by Gasteiger charge is -2.28. The summed E-state index contributed by atoms with van der Waals surface area (Å²) in [5, 5.41) is 11.4. The number of nitrogens with zero attached hydrogens (tertiary/aromatic N) is 2. The quantitative estimate of drug-likeness (QED) is 0.168. The molecule has 9 heteroatoms. The molecule has 0 radical (unpaired) electrons. The van der Waals surface area contributed by atoms with Gasteiger partial charge in [0, 0.05) is 16.5 Å². The molecule has 0 aliphatic carbocycles. The number of carbonyl (C=O) groups is 1. The van der Waals surface area contributed by atoms with E-state index in [9.17, 15) is 14.9 Å². The molecule has 0 aliphatic heterocycles. The maximum absolute atomic E-state index is 12.5. The number of nitrogens with two attached hydrogens (primary N) is 1. The van der Waals surface area contributed by atoms with Gasteiger partial charge in [0.25, 0.3) is 5.69 Å². The molecule has 2 unspecified atom stereocenters. The van der Waals surface area contributed by atoms with Gasteiger partial charge in [-0.2, -0.15) is 0 Å². The summed E-state index contributed by atoms with van der Waals surface area (Å²) in [6, 6.07) is 13.0. The van der Waals surface area contributed by atoms with Crippen molar-refractivity contribution in [2.45, 2.75) is 24.2 Å². The molecule has 0 aromatic heterocycles. The molecule has 2 atom stereocenters. The van der Waals surface area contributed by atoms with Crippen LogP contribution in [0.3, 0.4) is 0 Å². The van der Waals surface area contributed by atoms with Crippen LogP contribution < -0.4 is 10.6 Å². The first-order chi connectivity index (χ1) is 12.2. The zero-order valence-electron chi connectivity index (χ0n) is 14.3. The highest BCUT2D eigenvalue weighted by Crippen LogP contribution is 2.31. The van der Waals surface area contributed by atoms with Crippen LogP contribution in [0.25, 0.3) is 0 Å². The highest BCUT2D eigenvalue weighted by Gasteiger charge is 2.30. The van der Waals surface area contributed by atoms with E-state index in [1.807, 2.05) is 11.8 Å². The van der Waals surface area contributed by atoms with E-state index in [4.69, 9.17) is 16.8 Å². The number of ketones is 1. The number of hydrogen-bond donors (Lipinski definition) is 3. The van der Waals surface area contributed by atoms with Gasteiger partial charge < -0.3 is 5.73 Å². The van der Waals surface area contributed by atoms with E-state index in [0.717, 1.165) is 0 Å². The molecule has 26 heavy (non-hydrogen) atoms. The second-order valence-corrected chi connectivity index (χ2v) is 7.07. The van der Waals surface area contributed by atoms with Crippen LogP contribution in [0.15, 0.2) is 48.5 Å². The Morgan fingerprint density at radius 2 is 1.81 bits per heavy atom. The van der Waals surface area contributed by atoms with Gasteiger partial charge in [-0.15, -0.1) is 0 Å². The molecule has 0 heterocycles. The molecule has 2 aromatic rings. The van der Waals surface area contributed by atoms with Crippen molar-refractivity contribution in [1.82, 2.24) is 4.91 Å². The van der Waals surface area contributed by atoms with Crippen molar-refractivity contribution < 1.29 is 9.72 Å². The average Bonchev–Trinajstić information content (AvgIpc) is 2.61. The number of rotatable bonds is 5. The van der Waals surface area contributed by atoms with Gasteiger partial charge in [-0.25, -0.2) is 0 Å². The van der Waals surface area contributed by atoms with Crippen LogP contribution in [0.5, 0.6) is 0 Å². The predicted octanol–water partition coefficient (Wildman–Crippen LogP) is 3.90. The molecule has 0 amide bonds. The van der Waals surface area contributed by atoms with Gasteiger partial charge in [0.2, 0.25) is 4.91 Å². The van der Waals surface area contributed by atoms with Crippen molar-refractivity contribution in [3.05, 3.63) is 75.3 Å². The van der Waals surface area contributed by atoms with Gasteiger partial charge in [-0.1, -0.05) is 59.3 Å². The van der Waals surface area contributed by atoms with Crippen molar-refractivity contribution in [1.29, 1.82) is 11.1 Å². The highest BCUT2D eigenvalue weighted by molar-refractivity contribution is 9.09. The Balaban J connectivity index is 0.00000105. The molecule has 2 rings (SSSR count). The second kappa shape index (κ2) is 9.10. The third kappa shape index (κ3) is 4.89.